The van der Waals surface area contributed by atoms with Gasteiger partial charge in [-0.3, -0.25) is 9.78 Å². The molecule has 2 aromatic carbocycles. The van der Waals surface area contributed by atoms with Gasteiger partial charge in [0.2, 0.25) is 5.91 Å². The molecule has 0 saturated heterocycles. The third-order valence-corrected chi connectivity index (χ3v) is 5.73. The van der Waals surface area contributed by atoms with Crippen LogP contribution in [0.5, 0.6) is 5.75 Å². The van der Waals surface area contributed by atoms with Crippen molar-refractivity contribution in [3.8, 4) is 17.0 Å². The quantitative estimate of drug-likeness (QED) is 0.285. The normalized spacial score (nSPS) is 10.9. The number of nitrogens with one attached hydrogen (secondary N) is 3. The molecule has 3 N–H and O–H groups in total. The van der Waals surface area contributed by atoms with Gasteiger partial charge in [-0.25, -0.2) is 4.98 Å². The van der Waals surface area contributed by atoms with Crippen LogP contribution in [0.15, 0.2) is 67.6 Å². The van der Waals surface area contributed by atoms with Gasteiger partial charge in [-0.15, -0.1) is 0 Å². The van der Waals surface area contributed by atoms with Crippen LogP contribution in [0.1, 0.15) is 0 Å². The van der Waals surface area contributed by atoms with Crippen molar-refractivity contribution in [2.24, 2.45) is 7.05 Å². The van der Waals surface area contributed by atoms with E-state index in [0.717, 1.165) is 34.4 Å². The summed E-state index contributed by atoms with van der Waals surface area (Å²) in [4.78, 5) is 23.4. The number of para-hydroxylation sites is 1. The highest BCUT2D eigenvalue weighted by atomic mass is 16.5. The minimum atomic E-state index is -0.306. The summed E-state index contributed by atoms with van der Waals surface area (Å²) in [5, 5.41) is 10.6. The van der Waals surface area contributed by atoms with Crippen molar-refractivity contribution < 1.29 is 9.53 Å². The summed E-state index contributed by atoms with van der Waals surface area (Å²) in [5.41, 5.74) is 4.84. The first-order valence-electron chi connectivity index (χ1n) is 11.6. The number of fused-ring (bicyclic) bond motifs is 1. The topological polar surface area (TPSA) is 96.3 Å². The van der Waals surface area contributed by atoms with Gasteiger partial charge in [0.05, 0.1) is 42.3 Å². The van der Waals surface area contributed by atoms with Crippen molar-refractivity contribution in [3.05, 3.63) is 67.6 Å². The number of hydrogen-bond acceptors (Lipinski definition) is 7. The molecule has 0 atom stereocenters. The molecule has 0 spiro atoms. The summed E-state index contributed by atoms with van der Waals surface area (Å²) in [5.74, 6) is 0.837. The van der Waals surface area contributed by atoms with Gasteiger partial charge >= 0.3 is 0 Å². The molecule has 0 fully saturated rings. The van der Waals surface area contributed by atoms with Gasteiger partial charge in [0.25, 0.3) is 0 Å². The Hall–Kier alpha value is -4.37. The first kappa shape index (κ1) is 24.7. The molecule has 4 aromatic rings. The highest BCUT2D eigenvalue weighted by Crippen LogP contribution is 2.37. The lowest BCUT2D eigenvalue weighted by Gasteiger charge is -2.19. The zero-order valence-corrected chi connectivity index (χ0v) is 21.0. The molecular formula is C27H31N7O2. The Balaban J connectivity index is 1.68. The molecule has 9 heteroatoms. The molecule has 0 bridgehead atoms. The number of ether oxygens (including phenoxy) is 1. The average Bonchev–Trinajstić information content (AvgIpc) is 3.21. The molecular weight excluding hydrogens is 454 g/mol. The Morgan fingerprint density at radius 2 is 1.97 bits per heavy atom. The number of amides is 1. The molecule has 0 aliphatic rings. The number of aromatic nitrogens is 3. The van der Waals surface area contributed by atoms with E-state index in [-0.39, 0.29) is 5.91 Å². The van der Waals surface area contributed by atoms with Crippen LogP contribution in [0.4, 0.5) is 22.9 Å². The van der Waals surface area contributed by atoms with Gasteiger partial charge in [-0.05, 0) is 32.3 Å². The Bertz CT molecular complexity index is 1390. The van der Waals surface area contributed by atoms with E-state index in [2.05, 4.69) is 55.3 Å². The molecule has 0 aliphatic carbocycles. The third-order valence-electron chi connectivity index (χ3n) is 5.73. The van der Waals surface area contributed by atoms with Crippen LogP contribution in [-0.4, -0.2) is 59.6 Å². The number of carbonyl (C=O) groups excluding carboxylic acids is 1. The third kappa shape index (κ3) is 5.47. The number of carbonyl (C=O) groups is 1. The maximum Gasteiger partial charge on any atom is 0.247 e. The summed E-state index contributed by atoms with van der Waals surface area (Å²) in [6.45, 7) is 5.08. The Morgan fingerprint density at radius 1 is 1.17 bits per heavy atom. The molecule has 0 unspecified atom stereocenters. The highest BCUT2D eigenvalue weighted by molar-refractivity contribution is 6.02. The van der Waals surface area contributed by atoms with Crippen molar-refractivity contribution in [1.29, 1.82) is 0 Å². The number of benzene rings is 2. The second-order valence-electron chi connectivity index (χ2n) is 8.61. The van der Waals surface area contributed by atoms with Crippen LogP contribution >= 0.6 is 0 Å². The van der Waals surface area contributed by atoms with E-state index in [1.165, 1.54) is 6.08 Å². The standard InChI is InChI=1S/C27H31N7O2/c1-6-27(35)32-21-13-22(25(36-5)14-20(21)29-11-12-33(2)3)30-26-16-28-15-23(31-26)19-17-34(4)24-10-8-7-9-18(19)24/h6-10,13-17,29H,1,11-12H2,2-5H3,(H,30,31)(H,32,35). The minimum absolute atomic E-state index is 0.306. The second-order valence-corrected chi connectivity index (χ2v) is 8.61. The van der Waals surface area contributed by atoms with E-state index >= 15 is 0 Å². The van der Waals surface area contributed by atoms with Crippen molar-refractivity contribution in [3.63, 3.8) is 0 Å². The summed E-state index contributed by atoms with van der Waals surface area (Å²) in [6, 6.07) is 11.8. The van der Waals surface area contributed by atoms with Gasteiger partial charge in [0.15, 0.2) is 0 Å². The predicted octanol–water partition coefficient (Wildman–Crippen LogP) is 4.49. The first-order chi connectivity index (χ1) is 17.4. The zero-order valence-electron chi connectivity index (χ0n) is 21.0. The van der Waals surface area contributed by atoms with Crippen LogP contribution in [-0.2, 0) is 11.8 Å². The molecule has 2 heterocycles. The Kier molecular flexibility index (Phi) is 7.50. The molecule has 2 aromatic heterocycles. The Labute approximate surface area is 210 Å². The van der Waals surface area contributed by atoms with E-state index in [4.69, 9.17) is 9.72 Å². The molecule has 9 nitrogen and oxygen atoms in total. The molecule has 36 heavy (non-hydrogen) atoms. The molecule has 4 rings (SSSR count). The van der Waals surface area contributed by atoms with E-state index in [1.54, 1.807) is 19.5 Å². The van der Waals surface area contributed by atoms with Gasteiger partial charge in [-0.2, -0.15) is 0 Å². The SMILES string of the molecule is C=CC(=O)Nc1cc(Nc2cncc(-c3cn(C)c4ccccc34)n2)c(OC)cc1NCCN(C)C. The number of aryl methyl sites for hydroxylation is 1. The fourth-order valence-corrected chi connectivity index (χ4v) is 3.93. The van der Waals surface area contributed by atoms with Crippen molar-refractivity contribution in [2.45, 2.75) is 0 Å². The van der Waals surface area contributed by atoms with Crippen molar-refractivity contribution in [1.82, 2.24) is 19.4 Å². The monoisotopic (exact) mass is 485 g/mol. The van der Waals surface area contributed by atoms with Gasteiger partial charge in [-0.1, -0.05) is 24.8 Å². The Morgan fingerprint density at radius 3 is 2.72 bits per heavy atom. The number of anilines is 4. The zero-order chi connectivity index (χ0) is 25.7. The van der Waals surface area contributed by atoms with E-state index in [1.807, 2.05) is 45.4 Å². The number of hydrogen-bond donors (Lipinski definition) is 3. The smallest absolute Gasteiger partial charge is 0.247 e. The lowest BCUT2D eigenvalue weighted by atomic mass is 10.1. The summed E-state index contributed by atoms with van der Waals surface area (Å²) < 4.78 is 7.73. The van der Waals surface area contributed by atoms with E-state index in [9.17, 15) is 4.79 Å². The van der Waals surface area contributed by atoms with Crippen molar-refractivity contribution in [2.75, 3.05) is 50.2 Å². The second kappa shape index (κ2) is 10.9. The van der Waals surface area contributed by atoms with Crippen LogP contribution in [0.3, 0.4) is 0 Å². The van der Waals surface area contributed by atoms with E-state index < -0.39 is 0 Å². The maximum atomic E-state index is 12.1. The molecule has 0 aliphatic heterocycles. The fraction of sp³-hybridized carbons (Fsp3) is 0.222. The van der Waals surface area contributed by atoms with Gasteiger partial charge in [0, 0.05) is 48.9 Å². The lowest BCUT2D eigenvalue weighted by Crippen LogP contribution is -2.21. The molecule has 0 radical (unpaired) electrons. The van der Waals surface area contributed by atoms with Crippen LogP contribution in [0.2, 0.25) is 0 Å². The highest BCUT2D eigenvalue weighted by Gasteiger charge is 2.15. The van der Waals surface area contributed by atoms with Crippen LogP contribution < -0.4 is 20.7 Å². The van der Waals surface area contributed by atoms with Crippen molar-refractivity contribution >= 4 is 39.7 Å². The summed E-state index contributed by atoms with van der Waals surface area (Å²) in [6.07, 6.45) is 6.69. The number of rotatable bonds is 10. The van der Waals surface area contributed by atoms with Gasteiger partial charge < -0.3 is 30.2 Å². The van der Waals surface area contributed by atoms with Crippen LogP contribution in [0, 0.1) is 0 Å². The molecule has 1 amide bonds. The predicted molar refractivity (Wildman–Crippen MR) is 146 cm³/mol. The maximum absolute atomic E-state index is 12.1. The minimum Gasteiger partial charge on any atom is -0.494 e. The lowest BCUT2D eigenvalue weighted by molar-refractivity contribution is -0.111. The van der Waals surface area contributed by atoms with Gasteiger partial charge in [0.1, 0.15) is 11.6 Å². The molecule has 186 valence electrons. The largest absolute Gasteiger partial charge is 0.494 e. The average molecular weight is 486 g/mol. The fourth-order valence-electron chi connectivity index (χ4n) is 3.93. The van der Waals surface area contributed by atoms with E-state index in [0.29, 0.717) is 29.5 Å². The molecule has 0 saturated carbocycles. The van der Waals surface area contributed by atoms with Crippen LogP contribution in [0.25, 0.3) is 22.2 Å². The summed E-state index contributed by atoms with van der Waals surface area (Å²) >= 11 is 0. The number of methoxy groups -OCH3 is 1. The number of nitrogens with zero attached hydrogens (tertiary/aromatic N) is 4. The first-order valence-corrected chi connectivity index (χ1v) is 11.6. The summed E-state index contributed by atoms with van der Waals surface area (Å²) in [7, 11) is 7.62. The number of likely N-dealkylation sites (N-methyl/N-ethyl adjacent to an activating group) is 1.